The summed E-state index contributed by atoms with van der Waals surface area (Å²) >= 11 is 1.80. The van der Waals surface area contributed by atoms with Gasteiger partial charge in [0.15, 0.2) is 0 Å². The molecule has 0 aliphatic carbocycles. The molecule has 1 heterocycles. The van der Waals surface area contributed by atoms with E-state index in [1.165, 1.54) is 11.0 Å². The minimum atomic E-state index is -1.08. The Hall–Kier alpha value is -5.71. The topological polar surface area (TPSA) is 218 Å². The van der Waals surface area contributed by atoms with Gasteiger partial charge in [0.05, 0.1) is 26.2 Å². The first-order valence-corrected chi connectivity index (χ1v) is 23.2. The first-order chi connectivity index (χ1) is 30.7. The van der Waals surface area contributed by atoms with E-state index in [1.54, 1.807) is 60.3 Å². The van der Waals surface area contributed by atoms with Gasteiger partial charge in [-0.2, -0.15) is 0 Å². The Morgan fingerprint density at radius 1 is 0.734 bits per heavy atom. The number of benzene rings is 2. The van der Waals surface area contributed by atoms with Gasteiger partial charge in [0, 0.05) is 46.7 Å². The lowest BCUT2D eigenvalue weighted by Crippen LogP contribution is -2.52. The zero-order valence-electron chi connectivity index (χ0n) is 37.9. The fourth-order valence-corrected chi connectivity index (χ4v) is 8.99. The van der Waals surface area contributed by atoms with Crippen molar-refractivity contribution >= 4 is 65.0 Å². The number of unbranched alkanes of at least 4 members (excludes halogenated alkanes) is 2. The molecule has 2 aromatic rings. The molecule has 0 radical (unpaired) electrons. The Morgan fingerprint density at radius 2 is 1.42 bits per heavy atom. The summed E-state index contributed by atoms with van der Waals surface area (Å²) in [6, 6.07) is 14.4. The van der Waals surface area contributed by atoms with E-state index >= 15 is 0 Å². The van der Waals surface area contributed by atoms with E-state index in [2.05, 4.69) is 54.3 Å². The highest BCUT2D eigenvalue weighted by atomic mass is 32.2. The van der Waals surface area contributed by atoms with Crippen molar-refractivity contribution in [3.8, 4) is 0 Å². The summed E-state index contributed by atoms with van der Waals surface area (Å²) < 4.78 is 9.51. The number of nitrogens with zero attached hydrogens (tertiary/aromatic N) is 1. The third-order valence-corrected chi connectivity index (χ3v) is 12.2. The van der Waals surface area contributed by atoms with E-state index in [0.717, 1.165) is 37.7 Å². The summed E-state index contributed by atoms with van der Waals surface area (Å²) in [5.74, 6) is -3.28. The van der Waals surface area contributed by atoms with Crippen LogP contribution in [0.1, 0.15) is 110 Å². The maximum Gasteiger partial charge on any atom is 0.508 e. The first kappa shape index (κ1) is 52.6. The number of rotatable bonds is 29. The number of carbonyl (C=O) groups is 8. The smallest absolute Gasteiger partial charge is 0.434 e. The molecule has 0 bridgehead atoms. The Kier molecular flexibility index (Phi) is 23.2. The van der Waals surface area contributed by atoms with Crippen LogP contribution in [0.2, 0.25) is 0 Å². The number of hydrogen-bond donors (Lipinski definition) is 5. The number of nitrogens with one attached hydrogen (secondary N) is 5. The summed E-state index contributed by atoms with van der Waals surface area (Å²) in [5.41, 5.74) is 2.47. The third-order valence-electron chi connectivity index (χ3n) is 10.4. The fourth-order valence-electron chi connectivity index (χ4n) is 7.10. The number of hydrogen-bond acceptors (Lipinski definition) is 11. The average molecular weight is 907 g/mol. The van der Waals surface area contributed by atoms with Crippen LogP contribution in [0, 0.1) is 0 Å². The Balaban J connectivity index is 1.38. The summed E-state index contributed by atoms with van der Waals surface area (Å²) in [4.78, 5) is 103. The highest BCUT2D eigenvalue weighted by Gasteiger charge is 2.44. The number of ether oxygens (including phenoxy) is 2. The molecule has 2 unspecified atom stereocenters. The van der Waals surface area contributed by atoms with E-state index in [1.807, 2.05) is 13.0 Å². The van der Waals surface area contributed by atoms with Gasteiger partial charge in [-0.1, -0.05) is 96.3 Å². The molecular weight excluding hydrogens is 841 g/mol. The number of anilines is 1. The van der Waals surface area contributed by atoms with Crippen LogP contribution in [-0.2, 0) is 56.1 Å². The molecule has 1 aliphatic heterocycles. The molecule has 5 N–H and O–H groups in total. The third kappa shape index (κ3) is 18.2. The van der Waals surface area contributed by atoms with Crippen LogP contribution in [0.15, 0.2) is 66.2 Å². The second-order valence-corrected chi connectivity index (χ2v) is 17.5. The van der Waals surface area contributed by atoms with Gasteiger partial charge in [0.1, 0.15) is 12.6 Å². The van der Waals surface area contributed by atoms with Crippen molar-refractivity contribution in [2.24, 2.45) is 0 Å². The molecule has 7 amide bonds. The SMILES string of the molecule is CCCOC(=O)OCc1ccc(NC(=O)CNC(=O)[C@H](Cc2ccccc2)NC(=O)CNC(=O)CNC(=O)CCCCCN2C(=O)C=C(C(CC)(CCC)SC(C)CCC)C2=O)cc1. The van der Waals surface area contributed by atoms with Gasteiger partial charge in [-0.3, -0.25) is 38.5 Å². The van der Waals surface area contributed by atoms with Gasteiger partial charge in [-0.15, -0.1) is 11.8 Å². The molecule has 1 aliphatic rings. The number of imide groups is 1. The molecule has 0 saturated heterocycles. The molecule has 3 atom stereocenters. The van der Waals surface area contributed by atoms with Crippen LogP contribution >= 0.6 is 11.8 Å². The molecule has 16 nitrogen and oxygen atoms in total. The van der Waals surface area contributed by atoms with Crippen LogP contribution in [-0.4, -0.2) is 101 Å². The van der Waals surface area contributed by atoms with Gasteiger partial charge in [-0.25, -0.2) is 4.79 Å². The van der Waals surface area contributed by atoms with E-state index < -0.39 is 53.7 Å². The predicted octanol–water partition coefficient (Wildman–Crippen LogP) is 5.49. The second kappa shape index (κ2) is 28.2. The molecule has 17 heteroatoms. The Morgan fingerprint density at radius 3 is 2.09 bits per heavy atom. The Labute approximate surface area is 381 Å². The standard InChI is InChI=1S/C47H66N6O10S/c1-6-16-33(5)64-47(9-4,24-7-2)37-28-43(58)53(45(37)60)25-15-11-14-19-39(54)48-29-40(55)49-30-42(57)52-38(27-34-17-12-10-13-18-34)44(59)50-31-41(56)51-36-22-20-35(21-23-36)32-63-46(61)62-26-8-3/h10,12-13,17-18,20-23,28,33,38H,6-9,11,14-16,19,24-27,29-32H2,1-5H3,(H,48,54)(H,49,55)(H,50,59)(H,51,56)(H,52,57)/t33?,38-,47?/m0/s1. The number of carbonyl (C=O) groups excluding carboxylic acids is 8. The average Bonchev–Trinajstić information content (AvgIpc) is 3.57. The van der Waals surface area contributed by atoms with Gasteiger partial charge in [0.2, 0.25) is 29.5 Å². The highest BCUT2D eigenvalue weighted by molar-refractivity contribution is 8.01. The normalized spacial score (nSPS) is 14.1. The van der Waals surface area contributed by atoms with Crippen molar-refractivity contribution < 1.29 is 47.8 Å². The molecule has 0 spiro atoms. The Bertz CT molecular complexity index is 1910. The lowest BCUT2D eigenvalue weighted by Gasteiger charge is -2.35. The van der Waals surface area contributed by atoms with Crippen LogP contribution in [0.5, 0.6) is 0 Å². The van der Waals surface area contributed by atoms with Gasteiger partial charge < -0.3 is 36.1 Å². The maximum atomic E-state index is 13.5. The van der Waals surface area contributed by atoms with Gasteiger partial charge >= 0.3 is 6.16 Å². The van der Waals surface area contributed by atoms with Crippen LogP contribution < -0.4 is 26.6 Å². The summed E-state index contributed by atoms with van der Waals surface area (Å²) in [7, 11) is 0. The minimum Gasteiger partial charge on any atom is -0.434 e. The van der Waals surface area contributed by atoms with Gasteiger partial charge in [-0.05, 0) is 61.8 Å². The van der Waals surface area contributed by atoms with E-state index in [-0.39, 0.29) is 56.9 Å². The summed E-state index contributed by atoms with van der Waals surface area (Å²) in [6.07, 6.45) is 7.86. The fraction of sp³-hybridized carbons (Fsp3) is 0.532. The summed E-state index contributed by atoms with van der Waals surface area (Å²) in [5, 5.41) is 13.2. The molecule has 64 heavy (non-hydrogen) atoms. The monoisotopic (exact) mass is 906 g/mol. The lowest BCUT2D eigenvalue weighted by molar-refractivity contribution is -0.137. The van der Waals surface area contributed by atoms with Crippen LogP contribution in [0.25, 0.3) is 0 Å². The van der Waals surface area contributed by atoms with Crippen molar-refractivity contribution in [2.75, 3.05) is 38.1 Å². The zero-order chi connectivity index (χ0) is 46.9. The number of amides is 7. The highest BCUT2D eigenvalue weighted by Crippen LogP contribution is 2.46. The van der Waals surface area contributed by atoms with Gasteiger partial charge in [0.25, 0.3) is 11.8 Å². The quantitative estimate of drug-likeness (QED) is 0.0391. The second-order valence-electron chi connectivity index (χ2n) is 15.7. The molecule has 350 valence electrons. The van der Waals surface area contributed by atoms with Crippen molar-refractivity contribution in [1.29, 1.82) is 0 Å². The molecule has 2 aromatic carbocycles. The van der Waals surface area contributed by atoms with E-state index in [0.29, 0.717) is 47.8 Å². The van der Waals surface area contributed by atoms with Crippen LogP contribution in [0.4, 0.5) is 10.5 Å². The maximum absolute atomic E-state index is 13.5. The molecule has 0 fully saturated rings. The largest absolute Gasteiger partial charge is 0.508 e. The predicted molar refractivity (Wildman–Crippen MR) is 246 cm³/mol. The van der Waals surface area contributed by atoms with Crippen molar-refractivity contribution in [3.63, 3.8) is 0 Å². The molecule has 0 aromatic heterocycles. The molecule has 3 rings (SSSR count). The first-order valence-electron chi connectivity index (χ1n) is 22.3. The van der Waals surface area contributed by atoms with E-state index in [9.17, 15) is 38.4 Å². The van der Waals surface area contributed by atoms with Crippen molar-refractivity contribution in [1.82, 2.24) is 26.2 Å². The zero-order valence-corrected chi connectivity index (χ0v) is 38.7. The van der Waals surface area contributed by atoms with Crippen molar-refractivity contribution in [2.45, 2.75) is 128 Å². The summed E-state index contributed by atoms with van der Waals surface area (Å²) in [6.45, 7) is 9.67. The van der Waals surface area contributed by atoms with Crippen molar-refractivity contribution in [3.05, 3.63) is 77.4 Å². The molecule has 0 saturated carbocycles. The molecular formula is C47H66N6O10S. The minimum absolute atomic E-state index is 0.00377. The lowest BCUT2D eigenvalue weighted by atomic mass is 9.90. The van der Waals surface area contributed by atoms with E-state index in [4.69, 9.17) is 9.47 Å². The van der Waals surface area contributed by atoms with Crippen LogP contribution in [0.3, 0.4) is 0 Å². The number of thioether (sulfide) groups is 1.